The van der Waals surface area contributed by atoms with Gasteiger partial charge >= 0.3 is 5.69 Å². The van der Waals surface area contributed by atoms with Crippen LogP contribution in [0.3, 0.4) is 0 Å². The molecule has 0 saturated heterocycles. The van der Waals surface area contributed by atoms with Crippen LogP contribution < -0.4 is 10.1 Å². The summed E-state index contributed by atoms with van der Waals surface area (Å²) in [6.07, 6.45) is 5.19. The first-order valence-electron chi connectivity index (χ1n) is 8.77. The molecule has 3 rings (SSSR count). The lowest BCUT2D eigenvalue weighted by Gasteiger charge is -2.06. The van der Waals surface area contributed by atoms with Crippen molar-refractivity contribution in [1.82, 2.24) is 19.6 Å². The van der Waals surface area contributed by atoms with Gasteiger partial charge in [0.15, 0.2) is 6.73 Å². The Labute approximate surface area is 160 Å². The number of ether oxygens (including phenoxy) is 1. The van der Waals surface area contributed by atoms with Gasteiger partial charge in [-0.3, -0.25) is 19.6 Å². The molecule has 0 atom stereocenters. The zero-order valence-electron chi connectivity index (χ0n) is 15.5. The SMILES string of the molecule is CCc1ccc(OCn2cc(NC(=O)c3nn(CC)cc3[N+](=O)[O-])cn2)cc1. The van der Waals surface area contributed by atoms with Crippen LogP contribution in [-0.4, -0.2) is 30.4 Å². The molecular weight excluding hydrogens is 364 g/mol. The van der Waals surface area contributed by atoms with E-state index in [9.17, 15) is 14.9 Å². The van der Waals surface area contributed by atoms with E-state index in [0.29, 0.717) is 18.0 Å². The minimum absolute atomic E-state index is 0.159. The van der Waals surface area contributed by atoms with E-state index < -0.39 is 10.8 Å². The highest BCUT2D eigenvalue weighted by Gasteiger charge is 2.25. The van der Waals surface area contributed by atoms with Crippen molar-refractivity contribution < 1.29 is 14.5 Å². The second-order valence-electron chi connectivity index (χ2n) is 5.97. The fraction of sp³-hybridized carbons (Fsp3) is 0.278. The van der Waals surface area contributed by atoms with Gasteiger partial charge in [0, 0.05) is 6.54 Å². The van der Waals surface area contributed by atoms with Gasteiger partial charge in [0.2, 0.25) is 5.69 Å². The van der Waals surface area contributed by atoms with E-state index in [1.165, 1.54) is 27.3 Å². The third kappa shape index (κ3) is 4.34. The van der Waals surface area contributed by atoms with E-state index >= 15 is 0 Å². The minimum atomic E-state index is -0.672. The number of hydrogen-bond donors (Lipinski definition) is 1. The Morgan fingerprint density at radius 1 is 1.21 bits per heavy atom. The van der Waals surface area contributed by atoms with Gasteiger partial charge < -0.3 is 10.1 Å². The predicted molar refractivity (Wildman–Crippen MR) is 101 cm³/mol. The van der Waals surface area contributed by atoms with Crippen molar-refractivity contribution in [3.05, 3.63) is 64.2 Å². The van der Waals surface area contributed by atoms with Crippen molar-refractivity contribution in [3.63, 3.8) is 0 Å². The number of hydrogen-bond acceptors (Lipinski definition) is 6. The van der Waals surface area contributed by atoms with Crippen LogP contribution in [0.15, 0.2) is 42.9 Å². The maximum Gasteiger partial charge on any atom is 0.320 e. The molecule has 146 valence electrons. The first-order chi connectivity index (χ1) is 13.5. The number of carbonyl (C=O) groups excluding carboxylic acids is 1. The van der Waals surface area contributed by atoms with Crippen molar-refractivity contribution in [1.29, 1.82) is 0 Å². The summed E-state index contributed by atoms with van der Waals surface area (Å²) in [4.78, 5) is 22.8. The minimum Gasteiger partial charge on any atom is -0.471 e. The van der Waals surface area contributed by atoms with Gasteiger partial charge in [0.25, 0.3) is 5.91 Å². The highest BCUT2D eigenvalue weighted by atomic mass is 16.6. The number of nitro groups is 1. The van der Waals surface area contributed by atoms with E-state index in [1.807, 2.05) is 24.3 Å². The third-order valence-electron chi connectivity index (χ3n) is 4.06. The number of nitrogens with one attached hydrogen (secondary N) is 1. The lowest BCUT2D eigenvalue weighted by molar-refractivity contribution is -0.385. The van der Waals surface area contributed by atoms with Gasteiger partial charge in [-0.2, -0.15) is 10.2 Å². The molecule has 0 aliphatic rings. The molecule has 0 saturated carbocycles. The molecule has 1 amide bonds. The van der Waals surface area contributed by atoms with Crippen molar-refractivity contribution >= 4 is 17.3 Å². The van der Waals surface area contributed by atoms with Crippen LogP contribution in [0.2, 0.25) is 0 Å². The number of aryl methyl sites for hydroxylation is 2. The van der Waals surface area contributed by atoms with Gasteiger partial charge in [-0.05, 0) is 31.0 Å². The van der Waals surface area contributed by atoms with E-state index in [-0.39, 0.29) is 18.1 Å². The molecular formula is C18H20N6O4. The summed E-state index contributed by atoms with van der Waals surface area (Å²) in [5.41, 5.74) is 1.02. The summed E-state index contributed by atoms with van der Waals surface area (Å²) in [5.74, 6) is 0.0357. The Kier molecular flexibility index (Phi) is 5.68. The predicted octanol–water partition coefficient (Wildman–Crippen LogP) is 2.86. The molecule has 0 radical (unpaired) electrons. The average molecular weight is 384 g/mol. The molecule has 28 heavy (non-hydrogen) atoms. The van der Waals surface area contributed by atoms with Crippen molar-refractivity contribution in [2.45, 2.75) is 33.5 Å². The zero-order valence-corrected chi connectivity index (χ0v) is 15.5. The number of anilines is 1. The molecule has 0 unspecified atom stereocenters. The lowest BCUT2D eigenvalue weighted by atomic mass is 10.2. The van der Waals surface area contributed by atoms with Crippen LogP contribution in [-0.2, 0) is 19.7 Å². The molecule has 10 nitrogen and oxygen atoms in total. The molecule has 1 N–H and O–H groups in total. The van der Waals surface area contributed by atoms with Crippen LogP contribution >= 0.6 is 0 Å². The second kappa shape index (κ2) is 8.33. The van der Waals surface area contributed by atoms with E-state index in [0.717, 1.165) is 6.42 Å². The molecule has 0 spiro atoms. The van der Waals surface area contributed by atoms with Gasteiger partial charge in [-0.1, -0.05) is 19.1 Å². The molecule has 3 aromatic rings. The first-order valence-corrected chi connectivity index (χ1v) is 8.77. The van der Waals surface area contributed by atoms with Gasteiger partial charge in [-0.15, -0.1) is 0 Å². The van der Waals surface area contributed by atoms with Crippen LogP contribution in [0.25, 0.3) is 0 Å². The number of nitrogens with zero attached hydrogens (tertiary/aromatic N) is 5. The number of rotatable bonds is 8. The Morgan fingerprint density at radius 3 is 2.61 bits per heavy atom. The molecule has 0 bridgehead atoms. The van der Waals surface area contributed by atoms with E-state index in [1.54, 1.807) is 13.1 Å². The molecule has 0 aliphatic carbocycles. The fourth-order valence-corrected chi connectivity index (χ4v) is 2.52. The summed E-state index contributed by atoms with van der Waals surface area (Å²) in [7, 11) is 0. The number of amides is 1. The molecule has 10 heteroatoms. The molecule has 2 aromatic heterocycles. The average Bonchev–Trinajstić information content (AvgIpc) is 3.33. The van der Waals surface area contributed by atoms with Gasteiger partial charge in [-0.25, -0.2) is 4.68 Å². The maximum absolute atomic E-state index is 12.4. The van der Waals surface area contributed by atoms with Crippen LogP contribution in [0, 0.1) is 10.1 Å². The molecule has 1 aromatic carbocycles. The molecule has 0 aliphatic heterocycles. The number of aromatic nitrogens is 4. The Bertz CT molecular complexity index is 976. The highest BCUT2D eigenvalue weighted by Crippen LogP contribution is 2.19. The standard InChI is InChI=1S/C18H20N6O4/c1-3-13-5-7-15(8-6-13)28-12-23-10-14(9-19-23)20-18(25)17-16(24(26)27)11-22(4-2)21-17/h5-11H,3-4,12H2,1-2H3,(H,20,25). The summed E-state index contributed by atoms with van der Waals surface area (Å²) in [6, 6.07) is 7.75. The summed E-state index contributed by atoms with van der Waals surface area (Å²) in [6.45, 7) is 4.43. The monoisotopic (exact) mass is 384 g/mol. The van der Waals surface area contributed by atoms with Crippen LogP contribution in [0.1, 0.15) is 29.9 Å². The molecule has 2 heterocycles. The first kappa shape index (κ1) is 19.1. The fourth-order valence-electron chi connectivity index (χ4n) is 2.52. The van der Waals surface area contributed by atoms with E-state index in [4.69, 9.17) is 4.74 Å². The van der Waals surface area contributed by atoms with E-state index in [2.05, 4.69) is 22.4 Å². The second-order valence-corrected chi connectivity index (χ2v) is 5.97. The number of benzene rings is 1. The zero-order chi connectivity index (χ0) is 20.1. The summed E-state index contributed by atoms with van der Waals surface area (Å²) >= 11 is 0. The molecule has 0 fully saturated rings. The Morgan fingerprint density at radius 2 is 1.96 bits per heavy atom. The summed E-state index contributed by atoms with van der Waals surface area (Å²) < 4.78 is 8.49. The largest absolute Gasteiger partial charge is 0.471 e. The van der Waals surface area contributed by atoms with Crippen molar-refractivity contribution in [3.8, 4) is 5.75 Å². The van der Waals surface area contributed by atoms with Gasteiger partial charge in [0.05, 0.1) is 23.0 Å². The quantitative estimate of drug-likeness (QED) is 0.471. The van der Waals surface area contributed by atoms with Crippen molar-refractivity contribution in [2.75, 3.05) is 5.32 Å². The highest BCUT2D eigenvalue weighted by molar-refractivity contribution is 6.05. The Hall–Kier alpha value is -3.69. The normalized spacial score (nSPS) is 10.6. The Balaban J connectivity index is 1.63. The van der Waals surface area contributed by atoms with Crippen LogP contribution in [0.4, 0.5) is 11.4 Å². The lowest BCUT2D eigenvalue weighted by Crippen LogP contribution is -2.14. The van der Waals surface area contributed by atoms with Crippen LogP contribution in [0.5, 0.6) is 5.75 Å². The van der Waals surface area contributed by atoms with Gasteiger partial charge in [0.1, 0.15) is 11.9 Å². The number of carbonyl (C=O) groups is 1. The summed E-state index contributed by atoms with van der Waals surface area (Å²) in [5, 5.41) is 21.7. The third-order valence-corrected chi connectivity index (χ3v) is 4.06. The smallest absolute Gasteiger partial charge is 0.320 e. The van der Waals surface area contributed by atoms with Crippen molar-refractivity contribution in [2.24, 2.45) is 0 Å². The maximum atomic E-state index is 12.4. The topological polar surface area (TPSA) is 117 Å².